The van der Waals surface area contributed by atoms with Crippen LogP contribution in [0, 0.1) is 0 Å². The van der Waals surface area contributed by atoms with E-state index >= 15 is 0 Å². The Morgan fingerprint density at radius 2 is 2.26 bits per heavy atom. The Labute approximate surface area is 113 Å². The Hall–Kier alpha value is -1.40. The third kappa shape index (κ3) is 2.15. The second-order valence-corrected chi connectivity index (χ2v) is 6.36. The van der Waals surface area contributed by atoms with Crippen molar-refractivity contribution in [2.45, 2.75) is 17.3 Å². The first kappa shape index (κ1) is 12.6. The predicted molar refractivity (Wildman–Crippen MR) is 70.4 cm³/mol. The molecule has 2 aliphatic heterocycles. The van der Waals surface area contributed by atoms with Gasteiger partial charge in [0, 0.05) is 16.4 Å². The van der Waals surface area contributed by atoms with Gasteiger partial charge in [-0.1, -0.05) is 18.2 Å². The van der Waals surface area contributed by atoms with E-state index < -0.39 is 16.8 Å². The largest absolute Gasteiger partial charge is 0.492 e. The molecular formula is C13H15NO4S. The average Bonchev–Trinajstić information content (AvgIpc) is 2.46. The first-order valence-corrected chi connectivity index (χ1v) is 7.51. The van der Waals surface area contributed by atoms with Gasteiger partial charge in [0.05, 0.1) is 24.2 Å². The summed E-state index contributed by atoms with van der Waals surface area (Å²) in [5.41, 5.74) is 0.959. The van der Waals surface area contributed by atoms with Crippen molar-refractivity contribution in [3.63, 3.8) is 0 Å². The number of nitrogens with one attached hydrogen (secondary N) is 1. The summed E-state index contributed by atoms with van der Waals surface area (Å²) in [6.07, 6.45) is 0. The normalized spacial score (nSPS) is 32.7. The quantitative estimate of drug-likeness (QED) is 0.754. The average molecular weight is 281 g/mol. The van der Waals surface area contributed by atoms with Crippen molar-refractivity contribution < 1.29 is 18.5 Å². The van der Waals surface area contributed by atoms with E-state index in [0.717, 1.165) is 11.3 Å². The molecule has 102 valence electrons. The number of hydrogen-bond donors (Lipinski definition) is 1. The van der Waals surface area contributed by atoms with Crippen molar-refractivity contribution >= 4 is 16.8 Å². The van der Waals surface area contributed by atoms with Gasteiger partial charge in [-0.05, 0) is 6.07 Å². The standard InChI is InChI=1S/C13H15NO4S/c1-17-13(15)9-7-19(16)11-6-18-10-5-3-2-4-8(10)12(11)14-9/h2-5,9,11-12,14H,6-7H2,1H3. The summed E-state index contributed by atoms with van der Waals surface area (Å²) in [4.78, 5) is 11.6. The lowest BCUT2D eigenvalue weighted by atomic mass is 9.99. The van der Waals surface area contributed by atoms with Crippen LogP contribution in [0.2, 0.25) is 0 Å². The molecule has 2 heterocycles. The van der Waals surface area contributed by atoms with E-state index in [1.165, 1.54) is 7.11 Å². The molecule has 0 aliphatic carbocycles. The zero-order chi connectivity index (χ0) is 13.4. The van der Waals surface area contributed by atoms with Crippen molar-refractivity contribution in [3.8, 4) is 5.75 Å². The van der Waals surface area contributed by atoms with Gasteiger partial charge in [-0.2, -0.15) is 0 Å². The zero-order valence-electron chi connectivity index (χ0n) is 10.5. The molecule has 0 bridgehead atoms. The summed E-state index contributed by atoms with van der Waals surface area (Å²) in [5, 5.41) is 3.13. The fourth-order valence-corrected chi connectivity index (χ4v) is 4.15. The van der Waals surface area contributed by atoms with Gasteiger partial charge in [0.15, 0.2) is 0 Å². The van der Waals surface area contributed by atoms with Crippen molar-refractivity contribution in [2.75, 3.05) is 19.5 Å². The highest BCUT2D eigenvalue weighted by atomic mass is 32.2. The molecule has 6 heteroatoms. The van der Waals surface area contributed by atoms with Crippen molar-refractivity contribution in [2.24, 2.45) is 0 Å². The maximum absolute atomic E-state index is 12.3. The first-order chi connectivity index (χ1) is 9.20. The summed E-state index contributed by atoms with van der Waals surface area (Å²) < 4.78 is 22.6. The minimum atomic E-state index is -1.10. The molecule has 0 saturated carbocycles. The van der Waals surface area contributed by atoms with Crippen LogP contribution in [0.3, 0.4) is 0 Å². The number of para-hydroxylation sites is 1. The second-order valence-electron chi connectivity index (χ2n) is 4.65. The van der Waals surface area contributed by atoms with Gasteiger partial charge in [0.2, 0.25) is 0 Å². The Morgan fingerprint density at radius 3 is 3.05 bits per heavy atom. The lowest BCUT2D eigenvalue weighted by Gasteiger charge is -2.39. The number of benzene rings is 1. The summed E-state index contributed by atoms with van der Waals surface area (Å²) >= 11 is 0. The number of carbonyl (C=O) groups is 1. The van der Waals surface area contributed by atoms with Gasteiger partial charge in [-0.25, -0.2) is 0 Å². The second kappa shape index (κ2) is 4.94. The molecule has 4 unspecified atom stereocenters. The molecule has 0 radical (unpaired) electrons. The molecule has 3 rings (SSSR count). The van der Waals surface area contributed by atoms with Crippen molar-refractivity contribution in [1.82, 2.24) is 5.32 Å². The molecule has 1 aromatic rings. The summed E-state index contributed by atoms with van der Waals surface area (Å²) in [7, 11) is 0.240. The molecule has 1 N–H and O–H groups in total. The van der Waals surface area contributed by atoms with Crippen LogP contribution in [-0.4, -0.2) is 40.9 Å². The Bertz CT molecular complexity index is 533. The number of hydrogen-bond acceptors (Lipinski definition) is 5. The molecule has 5 nitrogen and oxygen atoms in total. The summed E-state index contributed by atoms with van der Waals surface area (Å²) in [6, 6.07) is 7.00. The van der Waals surface area contributed by atoms with Crippen LogP contribution in [0.5, 0.6) is 5.75 Å². The molecule has 1 fully saturated rings. The molecule has 2 aliphatic rings. The molecule has 0 spiro atoms. The molecule has 0 amide bonds. The minimum Gasteiger partial charge on any atom is -0.492 e. The van der Waals surface area contributed by atoms with E-state index in [9.17, 15) is 9.00 Å². The third-order valence-corrected chi connectivity index (χ3v) is 5.31. The fraction of sp³-hybridized carbons (Fsp3) is 0.462. The lowest BCUT2D eigenvalue weighted by Crippen LogP contribution is -2.56. The topological polar surface area (TPSA) is 64.6 Å². The Kier molecular flexibility index (Phi) is 3.28. The molecule has 1 saturated heterocycles. The van der Waals surface area contributed by atoms with E-state index in [1.54, 1.807) is 0 Å². The van der Waals surface area contributed by atoms with Crippen molar-refractivity contribution in [3.05, 3.63) is 29.8 Å². The van der Waals surface area contributed by atoms with Crippen LogP contribution in [-0.2, 0) is 20.3 Å². The van der Waals surface area contributed by atoms with Gasteiger partial charge in [0.1, 0.15) is 18.4 Å². The number of methoxy groups -OCH3 is 1. The van der Waals surface area contributed by atoms with Gasteiger partial charge in [-0.15, -0.1) is 0 Å². The fourth-order valence-electron chi connectivity index (χ4n) is 2.59. The smallest absolute Gasteiger partial charge is 0.323 e. The SMILES string of the molecule is COC(=O)C1CS(=O)C2COc3ccccc3C2N1. The van der Waals surface area contributed by atoms with Crippen molar-refractivity contribution in [1.29, 1.82) is 0 Å². The van der Waals surface area contributed by atoms with Gasteiger partial charge >= 0.3 is 5.97 Å². The Balaban J connectivity index is 1.93. The monoisotopic (exact) mass is 281 g/mol. The highest BCUT2D eigenvalue weighted by Crippen LogP contribution is 2.36. The highest BCUT2D eigenvalue weighted by molar-refractivity contribution is 7.85. The van der Waals surface area contributed by atoms with E-state index in [2.05, 4.69) is 5.32 Å². The summed E-state index contributed by atoms with van der Waals surface area (Å²) in [6.45, 7) is 0.412. The third-order valence-electron chi connectivity index (χ3n) is 3.56. The maximum Gasteiger partial charge on any atom is 0.323 e. The predicted octanol–water partition coefficient (Wildman–Crippen LogP) is 0.382. The van der Waals surface area contributed by atoms with Crippen LogP contribution < -0.4 is 10.1 Å². The van der Waals surface area contributed by atoms with Gasteiger partial charge < -0.3 is 9.47 Å². The Morgan fingerprint density at radius 1 is 1.47 bits per heavy atom. The minimum absolute atomic E-state index is 0.115. The summed E-state index contributed by atoms with van der Waals surface area (Å²) in [5.74, 6) is 0.703. The molecule has 1 aromatic carbocycles. The van der Waals surface area contributed by atoms with Crippen LogP contribution in [0.15, 0.2) is 24.3 Å². The number of esters is 1. The molecule has 0 aromatic heterocycles. The number of rotatable bonds is 1. The number of carbonyl (C=O) groups excluding carboxylic acids is 1. The molecular weight excluding hydrogens is 266 g/mol. The van der Waals surface area contributed by atoms with Crippen LogP contribution in [0.1, 0.15) is 11.6 Å². The van der Waals surface area contributed by atoms with E-state index in [4.69, 9.17) is 9.47 Å². The molecule has 19 heavy (non-hydrogen) atoms. The van der Waals surface area contributed by atoms with E-state index in [1.807, 2.05) is 24.3 Å². The van der Waals surface area contributed by atoms with E-state index in [-0.39, 0.29) is 23.0 Å². The van der Waals surface area contributed by atoms with Crippen LogP contribution in [0.4, 0.5) is 0 Å². The van der Waals surface area contributed by atoms with E-state index in [0.29, 0.717) is 6.61 Å². The maximum atomic E-state index is 12.3. The first-order valence-electron chi connectivity index (χ1n) is 6.13. The van der Waals surface area contributed by atoms with Gasteiger partial charge in [-0.3, -0.25) is 14.3 Å². The highest BCUT2D eigenvalue weighted by Gasteiger charge is 2.42. The lowest BCUT2D eigenvalue weighted by molar-refractivity contribution is -0.142. The van der Waals surface area contributed by atoms with Crippen LogP contribution >= 0.6 is 0 Å². The number of ether oxygens (including phenoxy) is 2. The zero-order valence-corrected chi connectivity index (χ0v) is 11.3. The van der Waals surface area contributed by atoms with Crippen LogP contribution in [0.25, 0.3) is 0 Å². The molecule has 4 atom stereocenters. The van der Waals surface area contributed by atoms with Gasteiger partial charge in [0.25, 0.3) is 0 Å². The number of fused-ring (bicyclic) bond motifs is 3.